The van der Waals surface area contributed by atoms with Gasteiger partial charge in [-0.25, -0.2) is 4.79 Å². The largest absolute Gasteiger partial charge is 0.357 e. The number of amides is 3. The fourth-order valence-electron chi connectivity index (χ4n) is 0.690. The van der Waals surface area contributed by atoms with Gasteiger partial charge in [0.1, 0.15) is 6.04 Å². The molecule has 0 radical (unpaired) electrons. The van der Waals surface area contributed by atoms with Crippen LogP contribution in [0, 0.1) is 0 Å². The van der Waals surface area contributed by atoms with Gasteiger partial charge in [0.2, 0.25) is 5.91 Å². The Balaban J connectivity index is 3.75. The summed E-state index contributed by atoms with van der Waals surface area (Å²) in [4.78, 5) is 21.8. The van der Waals surface area contributed by atoms with Crippen LogP contribution in [0.3, 0.4) is 0 Å². The number of likely N-dealkylation sites (N-methyl/N-ethyl adjacent to an activating group) is 1. The Morgan fingerprint density at radius 3 is 2.42 bits per heavy atom. The summed E-state index contributed by atoms with van der Waals surface area (Å²) < 4.78 is 0. The predicted octanol–water partition coefficient (Wildman–Crippen LogP) is -0.560. The third-order valence-electron chi connectivity index (χ3n) is 1.32. The highest BCUT2D eigenvalue weighted by atomic mass is 16.2. The molecule has 0 spiro atoms. The van der Waals surface area contributed by atoms with Crippen LogP contribution in [-0.2, 0) is 4.79 Å². The van der Waals surface area contributed by atoms with Gasteiger partial charge in [-0.05, 0) is 13.8 Å². The molecule has 5 heteroatoms. The highest BCUT2D eigenvalue weighted by Gasteiger charge is 2.12. The number of hydrogen-bond donors (Lipinski definition) is 3. The van der Waals surface area contributed by atoms with E-state index in [1.165, 1.54) is 7.05 Å². The monoisotopic (exact) mass is 173 g/mol. The highest BCUT2D eigenvalue weighted by molar-refractivity contribution is 5.86. The third kappa shape index (κ3) is 3.80. The van der Waals surface area contributed by atoms with E-state index >= 15 is 0 Å². The topological polar surface area (TPSA) is 70.2 Å². The summed E-state index contributed by atoms with van der Waals surface area (Å²) >= 11 is 0. The Morgan fingerprint density at radius 2 is 2.00 bits per heavy atom. The molecule has 0 heterocycles. The van der Waals surface area contributed by atoms with E-state index in [0.717, 1.165) is 0 Å². The molecule has 0 aliphatic carbocycles. The zero-order valence-electron chi connectivity index (χ0n) is 7.60. The van der Waals surface area contributed by atoms with Gasteiger partial charge in [-0.15, -0.1) is 0 Å². The van der Waals surface area contributed by atoms with E-state index in [1.807, 2.05) is 6.92 Å². The number of hydrogen-bond acceptors (Lipinski definition) is 2. The molecule has 12 heavy (non-hydrogen) atoms. The molecule has 0 saturated carbocycles. The van der Waals surface area contributed by atoms with Gasteiger partial charge in [-0.3, -0.25) is 4.79 Å². The van der Waals surface area contributed by atoms with Crippen molar-refractivity contribution in [1.82, 2.24) is 16.0 Å². The van der Waals surface area contributed by atoms with E-state index in [0.29, 0.717) is 6.54 Å². The third-order valence-corrected chi connectivity index (χ3v) is 1.32. The fourth-order valence-corrected chi connectivity index (χ4v) is 0.690. The van der Waals surface area contributed by atoms with Crippen molar-refractivity contribution in [3.8, 4) is 0 Å². The Morgan fingerprint density at radius 1 is 1.42 bits per heavy atom. The van der Waals surface area contributed by atoms with E-state index in [9.17, 15) is 9.59 Å². The number of rotatable bonds is 3. The molecule has 0 aromatic rings. The van der Waals surface area contributed by atoms with E-state index in [4.69, 9.17) is 0 Å². The first-order valence-corrected chi connectivity index (χ1v) is 3.87. The minimum Gasteiger partial charge on any atom is -0.357 e. The van der Waals surface area contributed by atoms with Crippen molar-refractivity contribution in [2.45, 2.75) is 19.9 Å². The molecule has 0 rings (SSSR count). The van der Waals surface area contributed by atoms with Crippen molar-refractivity contribution in [3.05, 3.63) is 0 Å². The number of carbonyl (C=O) groups is 2. The van der Waals surface area contributed by atoms with Crippen LogP contribution in [0.4, 0.5) is 4.79 Å². The Labute approximate surface area is 71.9 Å². The van der Waals surface area contributed by atoms with E-state index in [1.54, 1.807) is 6.92 Å². The van der Waals surface area contributed by atoms with Crippen LogP contribution in [0.25, 0.3) is 0 Å². The molecule has 3 amide bonds. The van der Waals surface area contributed by atoms with Crippen LogP contribution in [0.1, 0.15) is 13.8 Å². The van der Waals surface area contributed by atoms with Crippen LogP contribution in [0.5, 0.6) is 0 Å². The zero-order valence-corrected chi connectivity index (χ0v) is 7.60. The van der Waals surface area contributed by atoms with Crippen LogP contribution in [0.2, 0.25) is 0 Å². The van der Waals surface area contributed by atoms with Gasteiger partial charge in [-0.1, -0.05) is 0 Å². The Kier molecular flexibility index (Phi) is 4.83. The van der Waals surface area contributed by atoms with Crippen molar-refractivity contribution >= 4 is 11.9 Å². The minimum absolute atomic E-state index is 0.207. The summed E-state index contributed by atoms with van der Waals surface area (Å²) in [5.74, 6) is -0.207. The average molecular weight is 173 g/mol. The number of carbonyl (C=O) groups excluding carboxylic acids is 2. The summed E-state index contributed by atoms with van der Waals surface area (Å²) in [6.45, 7) is 3.98. The first-order chi connectivity index (χ1) is 5.61. The lowest BCUT2D eigenvalue weighted by Gasteiger charge is -2.11. The molecule has 0 aromatic heterocycles. The SMILES string of the molecule is CCNC(=O)NC(C)C(=O)NC. The molecule has 0 aliphatic rings. The summed E-state index contributed by atoms with van der Waals surface area (Å²) in [5.41, 5.74) is 0. The van der Waals surface area contributed by atoms with Crippen LogP contribution in [0.15, 0.2) is 0 Å². The maximum absolute atomic E-state index is 10.9. The maximum Gasteiger partial charge on any atom is 0.315 e. The first-order valence-electron chi connectivity index (χ1n) is 3.87. The van der Waals surface area contributed by atoms with Gasteiger partial charge in [-0.2, -0.15) is 0 Å². The molecule has 3 N–H and O–H groups in total. The lowest BCUT2D eigenvalue weighted by Crippen LogP contribution is -2.47. The van der Waals surface area contributed by atoms with Gasteiger partial charge >= 0.3 is 6.03 Å². The molecule has 0 aromatic carbocycles. The summed E-state index contributed by atoms with van der Waals surface area (Å²) in [6.07, 6.45) is 0. The molecule has 1 unspecified atom stereocenters. The second kappa shape index (κ2) is 5.40. The summed E-state index contributed by atoms with van der Waals surface area (Å²) in [5, 5.41) is 7.43. The number of urea groups is 1. The predicted molar refractivity (Wildman–Crippen MR) is 45.7 cm³/mol. The molecule has 70 valence electrons. The average Bonchev–Trinajstić information content (AvgIpc) is 2.03. The molecule has 0 aliphatic heterocycles. The zero-order chi connectivity index (χ0) is 9.56. The fraction of sp³-hybridized carbons (Fsp3) is 0.714. The number of nitrogens with one attached hydrogen (secondary N) is 3. The van der Waals surface area contributed by atoms with Crippen molar-refractivity contribution in [1.29, 1.82) is 0 Å². The second-order valence-corrected chi connectivity index (χ2v) is 2.34. The van der Waals surface area contributed by atoms with Crippen LogP contribution >= 0.6 is 0 Å². The standard InChI is InChI=1S/C7H15N3O2/c1-4-9-7(12)10-5(2)6(11)8-3/h5H,4H2,1-3H3,(H,8,11)(H2,9,10,12). The quantitative estimate of drug-likeness (QED) is 0.535. The molecule has 0 fully saturated rings. The Hall–Kier alpha value is -1.26. The molecule has 0 bridgehead atoms. The lowest BCUT2D eigenvalue weighted by atomic mass is 10.3. The molecule has 0 saturated heterocycles. The first kappa shape index (κ1) is 10.7. The van der Waals surface area contributed by atoms with Crippen molar-refractivity contribution in [3.63, 3.8) is 0 Å². The molecule has 1 atom stereocenters. The summed E-state index contributed by atoms with van der Waals surface area (Å²) in [7, 11) is 1.53. The second-order valence-electron chi connectivity index (χ2n) is 2.34. The molecular weight excluding hydrogens is 158 g/mol. The smallest absolute Gasteiger partial charge is 0.315 e. The normalized spacial score (nSPS) is 11.6. The maximum atomic E-state index is 10.9. The minimum atomic E-state index is -0.499. The van der Waals surface area contributed by atoms with Gasteiger partial charge in [0, 0.05) is 13.6 Å². The van der Waals surface area contributed by atoms with Crippen molar-refractivity contribution in [2.24, 2.45) is 0 Å². The van der Waals surface area contributed by atoms with Gasteiger partial charge in [0.05, 0.1) is 0 Å². The highest BCUT2D eigenvalue weighted by Crippen LogP contribution is 1.80. The van der Waals surface area contributed by atoms with Crippen LogP contribution < -0.4 is 16.0 Å². The van der Waals surface area contributed by atoms with Gasteiger partial charge in [0.15, 0.2) is 0 Å². The van der Waals surface area contributed by atoms with E-state index < -0.39 is 6.04 Å². The van der Waals surface area contributed by atoms with Crippen LogP contribution in [-0.4, -0.2) is 31.6 Å². The van der Waals surface area contributed by atoms with Crippen molar-refractivity contribution < 1.29 is 9.59 Å². The van der Waals surface area contributed by atoms with E-state index in [-0.39, 0.29) is 11.9 Å². The summed E-state index contributed by atoms with van der Waals surface area (Å²) in [6, 6.07) is -0.824. The Bertz CT molecular complexity index is 170. The van der Waals surface area contributed by atoms with E-state index in [2.05, 4.69) is 16.0 Å². The molecule has 5 nitrogen and oxygen atoms in total. The van der Waals surface area contributed by atoms with Gasteiger partial charge in [0.25, 0.3) is 0 Å². The molecular formula is C7H15N3O2. The van der Waals surface area contributed by atoms with Crippen molar-refractivity contribution in [2.75, 3.05) is 13.6 Å². The van der Waals surface area contributed by atoms with Gasteiger partial charge < -0.3 is 16.0 Å². The lowest BCUT2D eigenvalue weighted by molar-refractivity contribution is -0.122.